The van der Waals surface area contributed by atoms with Gasteiger partial charge in [-0.3, -0.25) is 0 Å². The van der Waals surface area contributed by atoms with Gasteiger partial charge in [-0.05, 0) is 48.9 Å². The van der Waals surface area contributed by atoms with Crippen molar-refractivity contribution in [3.63, 3.8) is 0 Å². The molecule has 3 aromatic carbocycles. The molecule has 0 heterocycles. The van der Waals surface area contributed by atoms with Gasteiger partial charge in [0.2, 0.25) is 5.75 Å². The first-order valence-electron chi connectivity index (χ1n) is 8.44. The van der Waals surface area contributed by atoms with Crippen LogP contribution in [0.25, 0.3) is 11.1 Å². The summed E-state index contributed by atoms with van der Waals surface area (Å²) in [5.74, 6) is -0.970. The Morgan fingerprint density at radius 3 is 2.08 bits per heavy atom. The average Bonchev–Trinajstić information content (AvgIpc) is 2.63. The van der Waals surface area contributed by atoms with Crippen molar-refractivity contribution in [1.29, 1.82) is 0 Å². The van der Waals surface area contributed by atoms with E-state index in [2.05, 4.69) is 12.1 Å². The Morgan fingerprint density at radius 2 is 1.40 bits per heavy atom. The van der Waals surface area contributed by atoms with E-state index in [0.717, 1.165) is 24.0 Å². The van der Waals surface area contributed by atoms with Gasteiger partial charge in [0.1, 0.15) is 0 Å². The van der Waals surface area contributed by atoms with Crippen LogP contribution in [-0.4, -0.2) is 15.3 Å². The molecule has 0 radical (unpaired) electrons. The Kier molecular flexibility index (Phi) is 4.94. The lowest BCUT2D eigenvalue weighted by Crippen LogP contribution is -1.93. The first-order chi connectivity index (χ1) is 12.1. The van der Waals surface area contributed by atoms with Crippen molar-refractivity contribution in [2.24, 2.45) is 0 Å². The van der Waals surface area contributed by atoms with E-state index in [1.807, 2.05) is 49.4 Å². The van der Waals surface area contributed by atoms with Gasteiger partial charge in [-0.15, -0.1) is 0 Å². The van der Waals surface area contributed by atoms with Crippen LogP contribution < -0.4 is 0 Å². The number of aromatic hydroxyl groups is 3. The Bertz CT molecular complexity index is 853. The van der Waals surface area contributed by atoms with Gasteiger partial charge in [0.05, 0.1) is 0 Å². The first kappa shape index (κ1) is 16.9. The zero-order chi connectivity index (χ0) is 17.8. The number of benzene rings is 3. The maximum absolute atomic E-state index is 10.2. The third kappa shape index (κ3) is 3.77. The van der Waals surface area contributed by atoms with Crippen molar-refractivity contribution in [2.75, 3.05) is 0 Å². The normalized spacial score (nSPS) is 10.8. The van der Waals surface area contributed by atoms with E-state index in [1.54, 1.807) is 6.07 Å². The summed E-state index contributed by atoms with van der Waals surface area (Å²) in [4.78, 5) is 0. The molecule has 3 rings (SSSR count). The molecule has 3 N–H and O–H groups in total. The van der Waals surface area contributed by atoms with E-state index >= 15 is 0 Å². The van der Waals surface area contributed by atoms with Crippen molar-refractivity contribution in [2.45, 2.75) is 26.2 Å². The number of phenols is 3. The molecule has 3 nitrogen and oxygen atoms in total. The molecule has 0 saturated heterocycles. The van der Waals surface area contributed by atoms with Crippen molar-refractivity contribution >= 4 is 0 Å². The van der Waals surface area contributed by atoms with Crippen LogP contribution in [0, 0.1) is 6.92 Å². The summed E-state index contributed by atoms with van der Waals surface area (Å²) >= 11 is 0. The first-order valence-corrected chi connectivity index (χ1v) is 8.44. The van der Waals surface area contributed by atoms with Gasteiger partial charge in [-0.2, -0.15) is 0 Å². The molecule has 3 aromatic rings. The molecule has 0 atom stereocenters. The second-order valence-electron chi connectivity index (χ2n) is 6.33. The van der Waals surface area contributed by atoms with Crippen LogP contribution in [0.5, 0.6) is 17.2 Å². The number of aryl methyl sites for hydroxylation is 3. The number of phenolic OH excluding ortho intramolecular Hbond substituents is 3. The molecule has 0 bridgehead atoms. The summed E-state index contributed by atoms with van der Waals surface area (Å²) in [7, 11) is 0. The van der Waals surface area contributed by atoms with Gasteiger partial charge in [0, 0.05) is 5.56 Å². The van der Waals surface area contributed by atoms with Gasteiger partial charge in [-0.25, -0.2) is 0 Å². The third-order valence-electron chi connectivity index (χ3n) is 4.44. The Balaban J connectivity index is 1.85. The van der Waals surface area contributed by atoms with Crippen LogP contribution in [0.2, 0.25) is 0 Å². The highest BCUT2D eigenvalue weighted by Gasteiger charge is 2.17. The van der Waals surface area contributed by atoms with E-state index < -0.39 is 5.75 Å². The summed E-state index contributed by atoms with van der Waals surface area (Å²) in [6.07, 6.45) is 2.35. The van der Waals surface area contributed by atoms with Crippen LogP contribution in [0.3, 0.4) is 0 Å². The minimum atomic E-state index is -0.451. The van der Waals surface area contributed by atoms with E-state index in [0.29, 0.717) is 17.5 Å². The van der Waals surface area contributed by atoms with Crippen molar-refractivity contribution in [3.05, 3.63) is 77.4 Å². The SMILES string of the molecule is Cc1ccc(-c2cc(CCCc3ccccc3)c(O)c(O)c2O)cc1. The van der Waals surface area contributed by atoms with E-state index in [9.17, 15) is 15.3 Å². The predicted molar refractivity (Wildman–Crippen MR) is 100 cm³/mol. The molecule has 0 aliphatic heterocycles. The molecule has 3 heteroatoms. The largest absolute Gasteiger partial charge is 0.504 e. The van der Waals surface area contributed by atoms with Gasteiger partial charge in [0.15, 0.2) is 11.5 Å². The summed E-state index contributed by atoms with van der Waals surface area (Å²) in [5, 5.41) is 30.5. The number of hydrogen-bond acceptors (Lipinski definition) is 3. The third-order valence-corrected chi connectivity index (χ3v) is 4.44. The van der Waals surface area contributed by atoms with Crippen LogP contribution in [0.4, 0.5) is 0 Å². The molecule has 0 amide bonds. The quantitative estimate of drug-likeness (QED) is 0.578. The smallest absolute Gasteiger partial charge is 0.201 e. The fraction of sp³-hybridized carbons (Fsp3) is 0.182. The molecular formula is C22H22O3. The molecule has 0 fully saturated rings. The summed E-state index contributed by atoms with van der Waals surface area (Å²) < 4.78 is 0. The molecular weight excluding hydrogens is 312 g/mol. The van der Waals surface area contributed by atoms with Gasteiger partial charge >= 0.3 is 0 Å². The molecule has 0 aliphatic carbocycles. The highest BCUT2D eigenvalue weighted by molar-refractivity contribution is 5.77. The predicted octanol–water partition coefficient (Wildman–Crippen LogP) is 4.95. The zero-order valence-corrected chi connectivity index (χ0v) is 14.2. The zero-order valence-electron chi connectivity index (χ0n) is 14.2. The van der Waals surface area contributed by atoms with Gasteiger partial charge in [0.25, 0.3) is 0 Å². The van der Waals surface area contributed by atoms with Gasteiger partial charge < -0.3 is 15.3 Å². The molecule has 0 unspecified atom stereocenters. The molecule has 0 aromatic heterocycles. The maximum Gasteiger partial charge on any atom is 0.201 e. The van der Waals surface area contributed by atoms with Crippen molar-refractivity contribution in [1.82, 2.24) is 0 Å². The summed E-state index contributed by atoms with van der Waals surface area (Å²) in [6.45, 7) is 1.99. The molecule has 25 heavy (non-hydrogen) atoms. The lowest BCUT2D eigenvalue weighted by atomic mass is 9.96. The van der Waals surface area contributed by atoms with Crippen molar-refractivity contribution < 1.29 is 15.3 Å². The minimum Gasteiger partial charge on any atom is -0.504 e. The fourth-order valence-corrected chi connectivity index (χ4v) is 2.97. The van der Waals surface area contributed by atoms with E-state index in [1.165, 1.54) is 5.56 Å². The Morgan fingerprint density at radius 1 is 0.720 bits per heavy atom. The van der Waals surface area contributed by atoms with Crippen LogP contribution in [-0.2, 0) is 12.8 Å². The van der Waals surface area contributed by atoms with E-state index in [4.69, 9.17) is 0 Å². The Labute approximate surface area is 147 Å². The highest BCUT2D eigenvalue weighted by atomic mass is 16.3. The lowest BCUT2D eigenvalue weighted by Gasteiger charge is -2.13. The molecule has 0 aliphatic rings. The van der Waals surface area contributed by atoms with Crippen LogP contribution in [0.15, 0.2) is 60.7 Å². The maximum atomic E-state index is 10.2. The highest BCUT2D eigenvalue weighted by Crippen LogP contribution is 2.45. The Hall–Kier alpha value is -2.94. The lowest BCUT2D eigenvalue weighted by molar-refractivity contribution is 0.366. The minimum absolute atomic E-state index is 0.235. The van der Waals surface area contributed by atoms with Crippen molar-refractivity contribution in [3.8, 4) is 28.4 Å². The second-order valence-corrected chi connectivity index (χ2v) is 6.33. The number of rotatable bonds is 5. The van der Waals surface area contributed by atoms with Gasteiger partial charge in [-0.1, -0.05) is 60.2 Å². The topological polar surface area (TPSA) is 60.7 Å². The van der Waals surface area contributed by atoms with Crippen LogP contribution in [0.1, 0.15) is 23.1 Å². The summed E-state index contributed by atoms with van der Waals surface area (Å²) in [5.41, 5.74) is 4.34. The number of hydrogen-bond donors (Lipinski definition) is 3. The second kappa shape index (κ2) is 7.31. The van der Waals surface area contributed by atoms with Crippen LogP contribution >= 0.6 is 0 Å². The fourth-order valence-electron chi connectivity index (χ4n) is 2.97. The standard InChI is InChI=1S/C22H22O3/c1-15-10-12-17(13-11-15)19-14-18(20(23)22(25)21(19)24)9-5-8-16-6-3-2-4-7-16/h2-4,6-7,10-14,23-25H,5,8-9H2,1H3. The van der Waals surface area contributed by atoms with E-state index in [-0.39, 0.29) is 11.5 Å². The summed E-state index contributed by atoms with van der Waals surface area (Å²) in [6, 6.07) is 19.6. The average molecular weight is 334 g/mol. The monoisotopic (exact) mass is 334 g/mol. The molecule has 0 spiro atoms. The molecule has 0 saturated carbocycles. The molecule has 128 valence electrons.